The van der Waals surface area contributed by atoms with Crippen LogP contribution in [0.2, 0.25) is 0 Å². The minimum Gasteiger partial charge on any atom is -0.432 e. The largest absolute Gasteiger partial charge is 0.432 e. The average Bonchev–Trinajstić information content (AvgIpc) is 3.23. The first kappa shape index (κ1) is 61.9. The van der Waals surface area contributed by atoms with E-state index < -0.39 is 139 Å². The highest BCUT2D eigenvalue weighted by atomic mass is 16.8. The molecule has 0 aromatic carbocycles. The van der Waals surface area contributed by atoms with Gasteiger partial charge < -0.3 is 84.5 Å². The molecule has 0 aromatic rings. The molecule has 24 atom stereocenters. The molecule has 8 aliphatic rings. The lowest BCUT2D eigenvalue weighted by molar-refractivity contribution is -0.370. The smallest absolute Gasteiger partial charge is 0.317 e. The van der Waals surface area contributed by atoms with E-state index in [4.69, 9.17) is 28.4 Å². The summed E-state index contributed by atoms with van der Waals surface area (Å²) in [5.74, 6) is -1.64. The number of aliphatic hydroxyl groups is 9. The number of fused-ring (bicyclic) bond motifs is 7. The van der Waals surface area contributed by atoms with E-state index in [1.807, 2.05) is 6.92 Å². The molecule has 446 valence electrons. The van der Waals surface area contributed by atoms with Gasteiger partial charge in [0.2, 0.25) is 12.2 Å². The number of unbranched alkanes of at least 4 members (excludes halogenated alkanes) is 8. The zero-order chi connectivity index (χ0) is 56.9. The van der Waals surface area contributed by atoms with E-state index in [1.165, 1.54) is 32.6 Å². The van der Waals surface area contributed by atoms with E-state index in [-0.39, 0.29) is 54.0 Å². The summed E-state index contributed by atoms with van der Waals surface area (Å²) in [4.78, 5) is 42.1. The quantitative estimate of drug-likeness (QED) is 0.0378. The molecule has 3 saturated heterocycles. The highest BCUT2D eigenvalue weighted by Crippen LogP contribution is 2.76. The van der Waals surface area contributed by atoms with Gasteiger partial charge in [0.25, 0.3) is 0 Å². The molecule has 1 amide bonds. The van der Waals surface area contributed by atoms with Crippen LogP contribution in [0.25, 0.3) is 0 Å². The van der Waals surface area contributed by atoms with Gasteiger partial charge in [0.15, 0.2) is 18.7 Å². The van der Waals surface area contributed by atoms with Crippen molar-refractivity contribution in [1.29, 1.82) is 0 Å². The second kappa shape index (κ2) is 24.2. The van der Waals surface area contributed by atoms with Gasteiger partial charge >= 0.3 is 5.97 Å². The van der Waals surface area contributed by atoms with Crippen LogP contribution in [0.4, 0.5) is 0 Å². The third-order valence-corrected chi connectivity index (χ3v) is 21.7. The number of amides is 1. The van der Waals surface area contributed by atoms with Crippen LogP contribution < -0.4 is 5.32 Å². The minimum atomic E-state index is -1.92. The molecule has 13 unspecified atom stereocenters. The van der Waals surface area contributed by atoms with Crippen LogP contribution >= 0.6 is 0 Å². The van der Waals surface area contributed by atoms with Crippen molar-refractivity contribution in [3.8, 4) is 0 Å². The van der Waals surface area contributed by atoms with Crippen LogP contribution in [0.1, 0.15) is 177 Å². The zero-order valence-electron chi connectivity index (χ0n) is 47.7. The lowest BCUT2D eigenvalue weighted by Crippen LogP contribution is -2.69. The predicted octanol–water partition coefficient (Wildman–Crippen LogP) is 4.00. The third-order valence-electron chi connectivity index (χ3n) is 21.7. The number of hydrogen-bond acceptors (Lipinski definition) is 18. The SMILES string of the molecule is CCCCCCCCCCCC(=O)N[C@H]1C(CO)O[C@@H](OC(=O)[C@]23CCC(C)(C)CC2C2=CCC4C5(C)CC[C@H](O)C(C)(C=O)[C@@H]5CCC4(C)[C@]2(C)C[C@@H]3O)C(O[C@@H]2OC(C)[C@H](O[C@@H]3OC[C@@H](O)C(O)C3O)C(O)C2O)C1O. The highest BCUT2D eigenvalue weighted by molar-refractivity contribution is 5.80. The summed E-state index contributed by atoms with van der Waals surface area (Å²) in [6.07, 6.45) is -5.05. The summed E-state index contributed by atoms with van der Waals surface area (Å²) in [7, 11) is 0. The Kier molecular flexibility index (Phi) is 19.2. The van der Waals surface area contributed by atoms with Gasteiger partial charge in [0, 0.05) is 6.42 Å². The highest BCUT2D eigenvalue weighted by Gasteiger charge is 2.72. The van der Waals surface area contributed by atoms with Crippen LogP contribution in [0.15, 0.2) is 11.6 Å². The van der Waals surface area contributed by atoms with Crippen molar-refractivity contribution >= 4 is 18.2 Å². The summed E-state index contributed by atoms with van der Waals surface area (Å²) in [6, 6.07) is -1.32. The Hall–Kier alpha value is -2.21. The summed E-state index contributed by atoms with van der Waals surface area (Å²) in [5.41, 5.74) is -2.78. The van der Waals surface area contributed by atoms with Gasteiger partial charge in [0.05, 0.1) is 43.0 Å². The van der Waals surface area contributed by atoms with Crippen molar-refractivity contribution in [3.63, 3.8) is 0 Å². The molecule has 19 nitrogen and oxygen atoms in total. The minimum absolute atomic E-state index is 0.0344. The number of aliphatic hydroxyl groups excluding tert-OH is 9. The lowest BCUT2D eigenvalue weighted by Gasteiger charge is -2.71. The van der Waals surface area contributed by atoms with Gasteiger partial charge in [-0.1, -0.05) is 111 Å². The molecule has 19 heteroatoms. The molecule has 0 aromatic heterocycles. The fourth-order valence-electron chi connectivity index (χ4n) is 16.7. The van der Waals surface area contributed by atoms with Gasteiger partial charge in [-0.15, -0.1) is 0 Å². The number of carbonyl (C=O) groups excluding carboxylic acids is 3. The number of nitrogens with one attached hydrogen (secondary N) is 1. The van der Waals surface area contributed by atoms with Crippen molar-refractivity contribution in [1.82, 2.24) is 5.32 Å². The maximum absolute atomic E-state index is 15.7. The standard InChI is InChI=1S/C59H97NO18/c1-9-10-11-12-13-14-15-16-17-18-41(66)60-42-36(29-61)75-52(49(44(42)68)77-51-47(71)45(69)48(32(2)74-51)76-50-46(70)43(67)35(63)30-73-50)78-53(72)59-26-25-54(3,4)27-34(59)33-19-20-38-55(5)23-22-39(64)56(6,31-62)37(55)21-24-57(38,7)58(33,8)28-40(59)65/h19,31-32,34-40,42-52,61,63-65,67-71H,9-18,20-30H2,1-8H3,(H,60,66)/t32?,34?,35-,36?,37-,38?,39+,40+,42+,43?,44?,45?,46?,47?,48+,49?,50+,51+,52+,55?,56?,57?,58-,59-/m1/s1. The first-order valence-corrected chi connectivity index (χ1v) is 29.7. The predicted molar refractivity (Wildman–Crippen MR) is 282 cm³/mol. The average molecular weight is 1110 g/mol. The Morgan fingerprint density at radius 3 is 2.04 bits per heavy atom. The van der Waals surface area contributed by atoms with Crippen LogP contribution in [0, 0.1) is 50.2 Å². The van der Waals surface area contributed by atoms with E-state index in [9.17, 15) is 55.5 Å². The van der Waals surface area contributed by atoms with Gasteiger partial charge in [-0.2, -0.15) is 0 Å². The maximum Gasteiger partial charge on any atom is 0.317 e. The number of aldehydes is 1. The van der Waals surface area contributed by atoms with Gasteiger partial charge in [-0.05, 0) is 111 Å². The fourth-order valence-corrected chi connectivity index (χ4v) is 16.7. The molecule has 3 heterocycles. The summed E-state index contributed by atoms with van der Waals surface area (Å²) >= 11 is 0. The number of esters is 1. The second-order valence-corrected chi connectivity index (χ2v) is 26.9. The van der Waals surface area contributed by atoms with Gasteiger partial charge in [-0.3, -0.25) is 9.59 Å². The summed E-state index contributed by atoms with van der Waals surface area (Å²) < 4.78 is 36.5. The Morgan fingerprint density at radius 2 is 1.37 bits per heavy atom. The van der Waals surface area contributed by atoms with E-state index in [1.54, 1.807) is 0 Å². The van der Waals surface area contributed by atoms with E-state index in [2.05, 4.69) is 52.9 Å². The molecule has 3 aliphatic heterocycles. The van der Waals surface area contributed by atoms with Crippen LogP contribution in [-0.2, 0) is 42.8 Å². The number of rotatable bonds is 19. The number of allylic oxidation sites excluding steroid dienone is 2. The third kappa shape index (κ3) is 11.1. The molecule has 10 N–H and O–H groups in total. The van der Waals surface area contributed by atoms with Gasteiger partial charge in [0.1, 0.15) is 60.5 Å². The molecule has 0 radical (unpaired) electrons. The zero-order valence-corrected chi connectivity index (χ0v) is 47.7. The molecule has 4 saturated carbocycles. The Labute approximate surface area is 461 Å². The number of carbonyl (C=O) groups is 3. The van der Waals surface area contributed by atoms with Gasteiger partial charge in [-0.25, -0.2) is 0 Å². The first-order chi connectivity index (χ1) is 36.8. The lowest BCUT2D eigenvalue weighted by atomic mass is 9.33. The summed E-state index contributed by atoms with van der Waals surface area (Å²) in [6.45, 7) is 15.6. The molecule has 0 bridgehead atoms. The molecule has 78 heavy (non-hydrogen) atoms. The monoisotopic (exact) mass is 1110 g/mol. The van der Waals surface area contributed by atoms with Crippen molar-refractivity contribution < 1.29 is 88.8 Å². The van der Waals surface area contributed by atoms with Crippen LogP contribution in [-0.4, -0.2) is 175 Å². The first-order valence-electron chi connectivity index (χ1n) is 29.7. The van der Waals surface area contributed by atoms with Crippen molar-refractivity contribution in [2.75, 3.05) is 13.2 Å². The molecule has 8 rings (SSSR count). The molecule has 5 aliphatic carbocycles. The van der Waals surface area contributed by atoms with Crippen molar-refractivity contribution in [2.24, 2.45) is 50.2 Å². The summed E-state index contributed by atoms with van der Waals surface area (Å²) in [5, 5.41) is 104. The van der Waals surface area contributed by atoms with E-state index in [0.29, 0.717) is 32.1 Å². The van der Waals surface area contributed by atoms with Crippen LogP contribution in [0.3, 0.4) is 0 Å². The van der Waals surface area contributed by atoms with E-state index in [0.717, 1.165) is 56.8 Å². The van der Waals surface area contributed by atoms with E-state index >= 15 is 4.79 Å². The Bertz CT molecular complexity index is 2110. The maximum atomic E-state index is 15.7. The number of hydrogen-bond donors (Lipinski definition) is 10. The number of ether oxygens (including phenoxy) is 6. The molecular formula is C59H97NO18. The van der Waals surface area contributed by atoms with Crippen molar-refractivity contribution in [3.05, 3.63) is 11.6 Å². The Morgan fingerprint density at radius 1 is 0.718 bits per heavy atom. The second-order valence-electron chi connectivity index (χ2n) is 26.9. The molecule has 7 fully saturated rings. The molecular weight excluding hydrogens is 1010 g/mol. The topological polar surface area (TPSA) is 301 Å². The molecule has 0 spiro atoms. The Balaban J connectivity index is 1.06. The van der Waals surface area contributed by atoms with Crippen LogP contribution in [0.5, 0.6) is 0 Å². The fraction of sp³-hybridized carbons (Fsp3) is 0.915. The van der Waals surface area contributed by atoms with Crippen molar-refractivity contribution in [2.45, 2.75) is 276 Å². The normalized spacial score (nSPS) is 48.0.